The molecule has 0 unspecified atom stereocenters. The van der Waals surface area contributed by atoms with Gasteiger partial charge in [0.05, 0.1) is 12.9 Å². The first-order chi connectivity index (χ1) is 15.9. The molecule has 2 fully saturated rings. The summed E-state index contributed by atoms with van der Waals surface area (Å²) < 4.78 is 14.7. The minimum Gasteiger partial charge on any atom is -0.351 e. The molecule has 174 valence electrons. The maximum Gasteiger partial charge on any atom is 0.274 e. The van der Waals surface area contributed by atoms with Gasteiger partial charge in [-0.25, -0.2) is 9.37 Å². The van der Waals surface area contributed by atoms with E-state index in [-0.39, 0.29) is 54.2 Å². The number of carbonyl (C=O) groups is 3. The number of hydrogen-bond acceptors (Lipinski definition) is 4. The van der Waals surface area contributed by atoms with Crippen LogP contribution in [0.15, 0.2) is 30.6 Å². The summed E-state index contributed by atoms with van der Waals surface area (Å²) in [5.74, 6) is -1.30. The summed E-state index contributed by atoms with van der Waals surface area (Å²) in [6.45, 7) is 2.25. The van der Waals surface area contributed by atoms with Gasteiger partial charge >= 0.3 is 0 Å². The molecule has 33 heavy (non-hydrogen) atoms. The SMILES string of the molecule is C[C@@]1(C(=O)NC2CCCC2)Cn2cnc(C(=O)NCc3ccc(F)cc3)c2C(=O)N1C1CC1. The third-order valence-electron chi connectivity index (χ3n) is 6.94. The number of carbonyl (C=O) groups excluding carboxylic acids is 3. The molecule has 1 aromatic heterocycles. The van der Waals surface area contributed by atoms with Gasteiger partial charge < -0.3 is 20.1 Å². The highest BCUT2D eigenvalue weighted by atomic mass is 19.1. The summed E-state index contributed by atoms with van der Waals surface area (Å²) in [6.07, 6.45) is 7.30. The Hall–Kier alpha value is -3.23. The Bertz CT molecular complexity index is 1090. The fraction of sp³-hybridized carbons (Fsp3) is 0.500. The summed E-state index contributed by atoms with van der Waals surface area (Å²) in [5, 5.41) is 5.91. The van der Waals surface area contributed by atoms with Gasteiger partial charge in [0.15, 0.2) is 5.69 Å². The standard InChI is InChI=1S/C24H28FN5O3/c1-24(23(33)28-17-4-2-3-5-17)13-29-14-27-19(20(29)22(32)30(24)18-10-11-18)21(31)26-12-15-6-8-16(25)9-7-15/h6-9,14,17-18H,2-5,10-13H2,1H3,(H,26,31)(H,28,33)/t24-/m0/s1. The van der Waals surface area contributed by atoms with Crippen molar-refractivity contribution in [1.29, 1.82) is 0 Å². The zero-order chi connectivity index (χ0) is 23.2. The van der Waals surface area contributed by atoms with Crippen LogP contribution in [-0.4, -0.2) is 49.8 Å². The molecular formula is C24H28FN5O3. The Balaban J connectivity index is 1.38. The number of aromatic nitrogens is 2. The van der Waals surface area contributed by atoms with Crippen LogP contribution in [0.3, 0.4) is 0 Å². The number of hydrogen-bond donors (Lipinski definition) is 2. The third-order valence-corrected chi connectivity index (χ3v) is 6.94. The topological polar surface area (TPSA) is 96.3 Å². The Kier molecular flexibility index (Phi) is 5.42. The molecule has 5 rings (SSSR count). The van der Waals surface area contributed by atoms with E-state index < -0.39 is 11.4 Å². The van der Waals surface area contributed by atoms with Crippen LogP contribution in [0, 0.1) is 5.82 Å². The molecule has 2 N–H and O–H groups in total. The molecule has 2 aromatic rings. The molecule has 3 aliphatic rings. The molecule has 2 aliphatic carbocycles. The highest BCUT2D eigenvalue weighted by molar-refractivity contribution is 6.07. The molecule has 2 saturated carbocycles. The van der Waals surface area contributed by atoms with Gasteiger partial charge in [0, 0.05) is 18.6 Å². The second kappa shape index (κ2) is 8.28. The number of nitrogens with one attached hydrogen (secondary N) is 2. The van der Waals surface area contributed by atoms with Crippen molar-refractivity contribution in [3.63, 3.8) is 0 Å². The molecule has 2 heterocycles. The van der Waals surface area contributed by atoms with Crippen molar-refractivity contribution in [2.45, 2.75) is 76.2 Å². The average molecular weight is 454 g/mol. The van der Waals surface area contributed by atoms with Crippen molar-refractivity contribution in [2.75, 3.05) is 0 Å². The highest BCUT2D eigenvalue weighted by Gasteiger charge is 2.54. The highest BCUT2D eigenvalue weighted by Crippen LogP contribution is 2.39. The molecule has 0 bridgehead atoms. The van der Waals surface area contributed by atoms with Crippen LogP contribution in [0.4, 0.5) is 4.39 Å². The van der Waals surface area contributed by atoms with E-state index in [9.17, 15) is 18.8 Å². The lowest BCUT2D eigenvalue weighted by molar-refractivity contribution is -0.134. The van der Waals surface area contributed by atoms with Gasteiger partial charge in [-0.3, -0.25) is 14.4 Å². The lowest BCUT2D eigenvalue weighted by atomic mass is 9.93. The largest absolute Gasteiger partial charge is 0.351 e. The van der Waals surface area contributed by atoms with Gasteiger partial charge in [-0.2, -0.15) is 0 Å². The molecule has 0 radical (unpaired) electrons. The third kappa shape index (κ3) is 4.00. The Labute approximate surface area is 191 Å². The maximum atomic E-state index is 13.6. The van der Waals surface area contributed by atoms with Crippen LogP contribution in [-0.2, 0) is 17.9 Å². The number of benzene rings is 1. The first kappa shape index (κ1) is 21.6. The quantitative estimate of drug-likeness (QED) is 0.702. The smallest absolute Gasteiger partial charge is 0.274 e. The van der Waals surface area contributed by atoms with E-state index in [0.29, 0.717) is 0 Å². The van der Waals surface area contributed by atoms with E-state index in [2.05, 4.69) is 15.6 Å². The van der Waals surface area contributed by atoms with Crippen LogP contribution in [0.2, 0.25) is 0 Å². The first-order valence-corrected chi connectivity index (χ1v) is 11.6. The fourth-order valence-corrected chi connectivity index (χ4v) is 5.00. The molecule has 8 nitrogen and oxygen atoms in total. The fourth-order valence-electron chi connectivity index (χ4n) is 5.00. The number of fused-ring (bicyclic) bond motifs is 1. The van der Waals surface area contributed by atoms with Crippen LogP contribution < -0.4 is 10.6 Å². The Morgan fingerprint density at radius 3 is 2.52 bits per heavy atom. The van der Waals surface area contributed by atoms with Crippen molar-refractivity contribution in [3.8, 4) is 0 Å². The summed E-state index contributed by atoms with van der Waals surface area (Å²) >= 11 is 0. The molecule has 1 atom stereocenters. The second-order valence-electron chi connectivity index (χ2n) is 9.51. The first-order valence-electron chi connectivity index (χ1n) is 11.6. The maximum absolute atomic E-state index is 13.6. The van der Waals surface area contributed by atoms with Gasteiger partial charge in [-0.05, 0) is 50.3 Å². The summed E-state index contributed by atoms with van der Waals surface area (Å²) in [4.78, 5) is 45.7. The second-order valence-corrected chi connectivity index (χ2v) is 9.51. The zero-order valence-electron chi connectivity index (χ0n) is 18.6. The summed E-state index contributed by atoms with van der Waals surface area (Å²) in [5.41, 5.74) is -0.0354. The van der Waals surface area contributed by atoms with E-state index in [1.807, 2.05) is 6.92 Å². The van der Waals surface area contributed by atoms with E-state index >= 15 is 0 Å². The van der Waals surface area contributed by atoms with Gasteiger partial charge in [0.1, 0.15) is 17.1 Å². The Morgan fingerprint density at radius 2 is 1.85 bits per heavy atom. The minimum absolute atomic E-state index is 0.00407. The number of halogens is 1. The normalized spacial score (nSPS) is 22.8. The van der Waals surface area contributed by atoms with Crippen LogP contribution in [0.1, 0.15) is 72.0 Å². The zero-order valence-corrected chi connectivity index (χ0v) is 18.6. The molecule has 1 aromatic carbocycles. The lowest BCUT2D eigenvalue weighted by Gasteiger charge is -2.44. The van der Waals surface area contributed by atoms with Crippen molar-refractivity contribution >= 4 is 17.7 Å². The van der Waals surface area contributed by atoms with Crippen molar-refractivity contribution in [3.05, 3.63) is 53.4 Å². The predicted octanol–water partition coefficient (Wildman–Crippen LogP) is 2.39. The van der Waals surface area contributed by atoms with E-state index in [0.717, 1.165) is 44.1 Å². The molecular weight excluding hydrogens is 425 g/mol. The number of nitrogens with zero attached hydrogens (tertiary/aromatic N) is 3. The number of rotatable bonds is 6. The van der Waals surface area contributed by atoms with Crippen molar-refractivity contribution in [1.82, 2.24) is 25.1 Å². The van der Waals surface area contributed by atoms with Crippen molar-refractivity contribution < 1.29 is 18.8 Å². The van der Waals surface area contributed by atoms with Gasteiger partial charge in [-0.15, -0.1) is 0 Å². The van der Waals surface area contributed by atoms with E-state index in [1.54, 1.807) is 21.6 Å². The minimum atomic E-state index is -1.03. The monoisotopic (exact) mass is 453 g/mol. The van der Waals surface area contributed by atoms with Crippen molar-refractivity contribution in [2.24, 2.45) is 0 Å². The molecule has 0 saturated heterocycles. The van der Waals surface area contributed by atoms with Crippen LogP contribution in [0.5, 0.6) is 0 Å². The van der Waals surface area contributed by atoms with Gasteiger partial charge in [-0.1, -0.05) is 25.0 Å². The van der Waals surface area contributed by atoms with Crippen LogP contribution in [0.25, 0.3) is 0 Å². The summed E-state index contributed by atoms with van der Waals surface area (Å²) in [6, 6.07) is 5.99. The van der Waals surface area contributed by atoms with Crippen LogP contribution >= 0.6 is 0 Å². The van der Waals surface area contributed by atoms with Gasteiger partial charge in [0.25, 0.3) is 11.8 Å². The lowest BCUT2D eigenvalue weighted by Crippen LogP contribution is -2.65. The Morgan fingerprint density at radius 1 is 1.15 bits per heavy atom. The van der Waals surface area contributed by atoms with E-state index in [4.69, 9.17) is 0 Å². The van der Waals surface area contributed by atoms with E-state index in [1.165, 1.54) is 18.5 Å². The predicted molar refractivity (Wildman–Crippen MR) is 118 cm³/mol. The van der Waals surface area contributed by atoms with Gasteiger partial charge in [0.2, 0.25) is 5.91 Å². The molecule has 9 heteroatoms. The summed E-state index contributed by atoms with van der Waals surface area (Å²) in [7, 11) is 0. The number of imidazole rings is 1. The average Bonchev–Trinajstić information content (AvgIpc) is 3.30. The molecule has 1 aliphatic heterocycles. The number of amides is 3. The molecule has 0 spiro atoms. The molecule has 3 amide bonds.